The number of nitrogens with zero attached hydrogens (tertiary/aromatic N) is 1. The van der Waals surface area contributed by atoms with Gasteiger partial charge in [0, 0.05) is 0 Å². The van der Waals surface area contributed by atoms with Crippen LogP contribution >= 0.6 is 11.3 Å². The summed E-state index contributed by atoms with van der Waals surface area (Å²) in [6, 6.07) is 3.97. The van der Waals surface area contributed by atoms with E-state index in [-0.39, 0.29) is 15.0 Å². The monoisotopic (exact) mass is 189 g/mol. The third-order valence-corrected chi connectivity index (χ3v) is 3.24. The van der Waals surface area contributed by atoms with E-state index in [0.717, 1.165) is 0 Å². The maximum absolute atomic E-state index is 8.22. The van der Waals surface area contributed by atoms with E-state index in [4.69, 9.17) is 5.26 Å². The van der Waals surface area contributed by atoms with Crippen molar-refractivity contribution >= 4 is 30.1 Å². The van der Waals surface area contributed by atoms with Crippen LogP contribution in [0.15, 0.2) is 17.5 Å². The third kappa shape index (κ3) is 1.34. The molecule has 1 rings (SSSR count). The van der Waals surface area contributed by atoms with Crippen molar-refractivity contribution in [1.82, 2.24) is 0 Å². The molecular weight excluding hydrogens is 185 g/mol. The average Bonchev–Trinajstić information content (AvgIpc) is 2.19. The fourth-order valence-electron chi connectivity index (χ4n) is 0.367. The van der Waals surface area contributed by atoms with Gasteiger partial charge >= 0.3 is 57.8 Å². The molecule has 0 aromatic carbocycles. The molecule has 0 atom stereocenters. The summed E-state index contributed by atoms with van der Waals surface area (Å²) in [5.41, 5.74) is 0. The van der Waals surface area contributed by atoms with Gasteiger partial charge in [0.05, 0.1) is 0 Å². The molecule has 1 nitrogen and oxygen atoms in total. The zero-order valence-electron chi connectivity index (χ0n) is 4.00. The van der Waals surface area contributed by atoms with E-state index < -0.39 is 0 Å². The molecule has 0 bridgehead atoms. The first kappa shape index (κ1) is 5.84. The van der Waals surface area contributed by atoms with Crippen LogP contribution in [0, 0.1) is 10.2 Å². The first-order chi connectivity index (χ1) is 3.93. The Kier molecular flexibility index (Phi) is 2.10. The van der Waals surface area contributed by atoms with Crippen molar-refractivity contribution in [3.05, 3.63) is 17.5 Å². The number of hydrogen-bond acceptors (Lipinski definition) is 2. The number of rotatable bonds is 1. The molecule has 0 aliphatic carbocycles. The fourth-order valence-corrected chi connectivity index (χ4v) is 2.21. The van der Waals surface area contributed by atoms with Gasteiger partial charge in [0.2, 0.25) is 0 Å². The summed E-state index contributed by atoms with van der Waals surface area (Å²) in [5, 5.41) is 10.2. The zero-order chi connectivity index (χ0) is 5.82. The van der Waals surface area contributed by atoms with Gasteiger partial charge in [-0.25, -0.2) is 0 Å². The molecule has 0 N–H and O–H groups in total. The molecule has 0 aliphatic rings. The molecule has 0 spiro atoms. The van der Waals surface area contributed by atoms with Crippen molar-refractivity contribution in [3.63, 3.8) is 0 Å². The molecule has 1 aromatic rings. The second-order valence-corrected chi connectivity index (χ2v) is 4.39. The van der Waals surface area contributed by atoms with Gasteiger partial charge in [-0.2, -0.15) is 0 Å². The Balaban J connectivity index is 2.67. The summed E-state index contributed by atoms with van der Waals surface area (Å²) in [5.74, 6) is 0. The Morgan fingerprint density at radius 1 is 1.75 bits per heavy atom. The van der Waals surface area contributed by atoms with E-state index in [1.165, 1.54) is 3.78 Å². The fraction of sp³-hybridized carbons (Fsp3) is 0. The van der Waals surface area contributed by atoms with Crippen LogP contribution in [0.25, 0.3) is 0 Å². The number of hydrogen-bond donors (Lipinski definition) is 0. The summed E-state index contributed by atoms with van der Waals surface area (Å²) >= 11 is 1.72. The van der Waals surface area contributed by atoms with E-state index in [1.54, 1.807) is 11.3 Å². The summed E-state index contributed by atoms with van der Waals surface area (Å²) in [6.07, 6.45) is 0. The standard InChI is InChI=1S/C5H3NSSe/c6-4-8-5-2-1-3-7-5/h1-3H. The second kappa shape index (κ2) is 2.88. The van der Waals surface area contributed by atoms with Crippen LogP contribution in [0.4, 0.5) is 0 Å². The van der Waals surface area contributed by atoms with Gasteiger partial charge in [-0.05, 0) is 0 Å². The summed E-state index contributed by atoms with van der Waals surface area (Å²) in [4.78, 5) is 2.14. The topological polar surface area (TPSA) is 23.8 Å². The molecule has 40 valence electrons. The summed E-state index contributed by atoms with van der Waals surface area (Å²) < 4.78 is 1.21. The van der Waals surface area contributed by atoms with Crippen LogP contribution < -0.4 is 3.78 Å². The Labute approximate surface area is 58.1 Å². The number of nitriles is 1. The number of thiophene rings is 1. The van der Waals surface area contributed by atoms with Gasteiger partial charge in [-0.3, -0.25) is 0 Å². The Morgan fingerprint density at radius 3 is 3.12 bits per heavy atom. The second-order valence-electron chi connectivity index (χ2n) is 1.13. The molecule has 1 aromatic heterocycles. The van der Waals surface area contributed by atoms with Crippen LogP contribution in [0.2, 0.25) is 0 Å². The van der Waals surface area contributed by atoms with Crippen LogP contribution in [0.5, 0.6) is 0 Å². The molecule has 1 heterocycles. The predicted molar refractivity (Wildman–Crippen MR) is 35.3 cm³/mol. The van der Waals surface area contributed by atoms with Crippen LogP contribution in [0.3, 0.4) is 0 Å². The predicted octanol–water partition coefficient (Wildman–Crippen LogP) is 0.559. The van der Waals surface area contributed by atoms with Gasteiger partial charge in [-0.1, -0.05) is 0 Å². The average molecular weight is 188 g/mol. The first-order valence-corrected chi connectivity index (χ1v) is 4.62. The van der Waals surface area contributed by atoms with E-state index >= 15 is 0 Å². The van der Waals surface area contributed by atoms with Gasteiger partial charge in [-0.15, -0.1) is 0 Å². The van der Waals surface area contributed by atoms with E-state index in [1.807, 2.05) is 17.5 Å². The third-order valence-electron chi connectivity index (χ3n) is 0.641. The molecule has 8 heavy (non-hydrogen) atoms. The van der Waals surface area contributed by atoms with Crippen LogP contribution in [-0.2, 0) is 0 Å². The molecule has 0 saturated carbocycles. The van der Waals surface area contributed by atoms with Crippen LogP contribution in [-0.4, -0.2) is 15.0 Å². The zero-order valence-corrected chi connectivity index (χ0v) is 6.53. The van der Waals surface area contributed by atoms with Crippen molar-refractivity contribution in [2.75, 3.05) is 0 Å². The maximum atomic E-state index is 8.22. The Bertz CT molecular complexity index is 187. The minimum atomic E-state index is 0.0637. The molecule has 3 heteroatoms. The summed E-state index contributed by atoms with van der Waals surface area (Å²) in [7, 11) is 0. The molecule has 0 fully saturated rings. The van der Waals surface area contributed by atoms with Gasteiger partial charge in [0.1, 0.15) is 0 Å². The van der Waals surface area contributed by atoms with Crippen LogP contribution in [0.1, 0.15) is 0 Å². The normalized spacial score (nSPS) is 8.38. The van der Waals surface area contributed by atoms with Crippen molar-refractivity contribution in [2.45, 2.75) is 0 Å². The van der Waals surface area contributed by atoms with Crippen molar-refractivity contribution < 1.29 is 0 Å². The Morgan fingerprint density at radius 2 is 2.62 bits per heavy atom. The van der Waals surface area contributed by atoms with Crippen molar-refractivity contribution in [3.8, 4) is 4.97 Å². The van der Waals surface area contributed by atoms with E-state index in [2.05, 4.69) is 4.97 Å². The molecular formula is C5H3NSSe. The quantitative estimate of drug-likeness (QED) is 0.590. The summed E-state index contributed by atoms with van der Waals surface area (Å²) in [6.45, 7) is 0. The van der Waals surface area contributed by atoms with E-state index in [9.17, 15) is 0 Å². The van der Waals surface area contributed by atoms with Gasteiger partial charge < -0.3 is 0 Å². The molecule has 0 unspecified atom stereocenters. The van der Waals surface area contributed by atoms with E-state index in [0.29, 0.717) is 0 Å². The molecule has 0 aliphatic heterocycles. The minimum absolute atomic E-state index is 0.0637. The Hall–Kier alpha value is -0.291. The molecule has 0 saturated heterocycles. The molecule has 0 radical (unpaired) electrons. The van der Waals surface area contributed by atoms with Gasteiger partial charge in [0.15, 0.2) is 0 Å². The van der Waals surface area contributed by atoms with Crippen molar-refractivity contribution in [2.24, 2.45) is 0 Å². The first-order valence-electron chi connectivity index (χ1n) is 2.03. The molecule has 0 amide bonds. The SMILES string of the molecule is N#C[Se]c1cccs1. The van der Waals surface area contributed by atoms with Gasteiger partial charge in [0.25, 0.3) is 0 Å². The van der Waals surface area contributed by atoms with Crippen molar-refractivity contribution in [1.29, 1.82) is 5.26 Å².